The third-order valence-electron chi connectivity index (χ3n) is 6.57. The molecule has 1 aliphatic carbocycles. The summed E-state index contributed by atoms with van der Waals surface area (Å²) in [5.41, 5.74) is 2.52. The van der Waals surface area contributed by atoms with Gasteiger partial charge in [-0.15, -0.1) is 0 Å². The Labute approximate surface area is 205 Å². The van der Waals surface area contributed by atoms with Crippen LogP contribution in [0.5, 0.6) is 0 Å². The van der Waals surface area contributed by atoms with Crippen molar-refractivity contribution < 1.29 is 23.9 Å². The van der Waals surface area contributed by atoms with Gasteiger partial charge in [0, 0.05) is 5.69 Å². The third-order valence-corrected chi connectivity index (χ3v) is 6.57. The van der Waals surface area contributed by atoms with E-state index in [1.54, 1.807) is 48.5 Å². The molecule has 1 saturated heterocycles. The molecule has 1 fully saturated rings. The summed E-state index contributed by atoms with van der Waals surface area (Å²) in [6.07, 6.45) is 6.00. The van der Waals surface area contributed by atoms with E-state index in [0.29, 0.717) is 36.4 Å². The predicted molar refractivity (Wildman–Crippen MR) is 133 cm³/mol. The minimum absolute atomic E-state index is 0.233. The SMILES string of the molecule is CCCCCOC(=O)c1ccc(NC(=O)c2ccccc2N2C(=O)[C@@H]3CC=C(C)C[C@H]3C2=O)cc1. The zero-order valence-corrected chi connectivity index (χ0v) is 20.1. The molecule has 2 aromatic rings. The average Bonchev–Trinajstić information content (AvgIpc) is 3.11. The smallest absolute Gasteiger partial charge is 0.338 e. The number of nitrogens with zero attached hydrogens (tertiary/aromatic N) is 1. The first-order chi connectivity index (χ1) is 16.9. The van der Waals surface area contributed by atoms with E-state index in [1.807, 2.05) is 13.0 Å². The van der Waals surface area contributed by atoms with Gasteiger partial charge < -0.3 is 10.1 Å². The van der Waals surface area contributed by atoms with E-state index in [2.05, 4.69) is 12.2 Å². The van der Waals surface area contributed by atoms with Crippen LogP contribution in [0.15, 0.2) is 60.2 Å². The number of rotatable bonds is 8. The number of hydrogen-bond donors (Lipinski definition) is 1. The highest BCUT2D eigenvalue weighted by atomic mass is 16.5. The van der Waals surface area contributed by atoms with E-state index < -0.39 is 11.9 Å². The van der Waals surface area contributed by atoms with E-state index in [1.165, 1.54) is 4.90 Å². The second-order valence-corrected chi connectivity index (χ2v) is 9.11. The van der Waals surface area contributed by atoms with Crippen LogP contribution in [0.4, 0.5) is 11.4 Å². The first-order valence-electron chi connectivity index (χ1n) is 12.1. The Morgan fingerprint density at radius 2 is 1.71 bits per heavy atom. The van der Waals surface area contributed by atoms with Gasteiger partial charge in [-0.2, -0.15) is 0 Å². The molecule has 1 aliphatic heterocycles. The molecule has 0 radical (unpaired) electrons. The standard InChI is InChI=1S/C28H30N2O5/c1-3-4-7-16-35-28(34)19-11-13-20(14-12-19)29-25(31)22-8-5-6-9-24(22)30-26(32)21-15-10-18(2)17-23(21)27(30)33/h5-6,8-14,21,23H,3-4,7,15-17H2,1-2H3,(H,29,31)/t21-,23-/m1/s1. The van der Waals surface area contributed by atoms with Crippen LogP contribution < -0.4 is 10.2 Å². The lowest BCUT2D eigenvalue weighted by Gasteiger charge is -2.19. The predicted octanol–water partition coefficient (Wildman–Crippen LogP) is 5.13. The first-order valence-corrected chi connectivity index (χ1v) is 12.1. The Balaban J connectivity index is 1.47. The summed E-state index contributed by atoms with van der Waals surface area (Å²) in [6, 6.07) is 13.1. The van der Waals surface area contributed by atoms with Crippen molar-refractivity contribution in [1.82, 2.24) is 0 Å². The van der Waals surface area contributed by atoms with Gasteiger partial charge in [-0.05, 0) is 62.6 Å². The maximum atomic E-state index is 13.1. The van der Waals surface area contributed by atoms with Crippen LogP contribution in [-0.2, 0) is 14.3 Å². The highest BCUT2D eigenvalue weighted by Crippen LogP contribution is 2.40. The molecule has 2 aliphatic rings. The summed E-state index contributed by atoms with van der Waals surface area (Å²) >= 11 is 0. The Kier molecular flexibility index (Phi) is 7.44. The van der Waals surface area contributed by atoms with Crippen LogP contribution in [0.2, 0.25) is 0 Å². The van der Waals surface area contributed by atoms with Crippen molar-refractivity contribution in [2.45, 2.75) is 46.0 Å². The van der Waals surface area contributed by atoms with E-state index in [9.17, 15) is 19.2 Å². The second-order valence-electron chi connectivity index (χ2n) is 9.11. The number of anilines is 2. The number of carbonyl (C=O) groups excluding carboxylic acids is 4. The van der Waals surface area contributed by atoms with Gasteiger partial charge in [0.1, 0.15) is 0 Å². The summed E-state index contributed by atoms with van der Waals surface area (Å²) in [5, 5.41) is 2.80. The molecule has 35 heavy (non-hydrogen) atoms. The monoisotopic (exact) mass is 474 g/mol. The van der Waals surface area contributed by atoms with E-state index >= 15 is 0 Å². The minimum atomic E-state index is -0.444. The molecule has 7 nitrogen and oxygen atoms in total. The van der Waals surface area contributed by atoms with Gasteiger partial charge in [0.2, 0.25) is 11.8 Å². The van der Waals surface area contributed by atoms with Gasteiger partial charge in [0.25, 0.3) is 5.91 Å². The first kappa shape index (κ1) is 24.4. The number of unbranched alkanes of at least 4 members (excludes halogenated alkanes) is 2. The van der Waals surface area contributed by atoms with Crippen LogP contribution in [0, 0.1) is 11.8 Å². The molecule has 1 N–H and O–H groups in total. The van der Waals surface area contributed by atoms with Crippen LogP contribution in [-0.4, -0.2) is 30.3 Å². The molecule has 1 heterocycles. The highest BCUT2D eigenvalue weighted by Gasteiger charge is 2.49. The number of allylic oxidation sites excluding steroid dienone is 2. The van der Waals surface area contributed by atoms with Gasteiger partial charge in [-0.25, -0.2) is 9.69 Å². The molecule has 2 atom stereocenters. The number of nitrogens with one attached hydrogen (secondary N) is 1. The Hall–Kier alpha value is -3.74. The molecular weight excluding hydrogens is 444 g/mol. The van der Waals surface area contributed by atoms with Gasteiger partial charge in [0.05, 0.1) is 35.3 Å². The van der Waals surface area contributed by atoms with Gasteiger partial charge >= 0.3 is 5.97 Å². The van der Waals surface area contributed by atoms with Gasteiger partial charge in [-0.1, -0.05) is 43.5 Å². The maximum Gasteiger partial charge on any atom is 0.338 e. The largest absolute Gasteiger partial charge is 0.462 e. The number of para-hydroxylation sites is 1. The summed E-state index contributed by atoms with van der Waals surface area (Å²) in [5.74, 6) is -2.11. The fourth-order valence-electron chi connectivity index (χ4n) is 4.62. The topological polar surface area (TPSA) is 92.8 Å². The Morgan fingerprint density at radius 1 is 1.00 bits per heavy atom. The lowest BCUT2D eigenvalue weighted by Crippen LogP contribution is -2.33. The summed E-state index contributed by atoms with van der Waals surface area (Å²) < 4.78 is 5.26. The van der Waals surface area contributed by atoms with Crippen LogP contribution in [0.25, 0.3) is 0 Å². The molecule has 7 heteroatoms. The Morgan fingerprint density at radius 3 is 2.46 bits per heavy atom. The average molecular weight is 475 g/mol. The van der Waals surface area contributed by atoms with Crippen LogP contribution >= 0.6 is 0 Å². The number of hydrogen-bond acceptors (Lipinski definition) is 5. The maximum absolute atomic E-state index is 13.1. The van der Waals surface area contributed by atoms with Crippen molar-refractivity contribution in [1.29, 1.82) is 0 Å². The molecule has 182 valence electrons. The van der Waals surface area contributed by atoms with Crippen molar-refractivity contribution in [3.8, 4) is 0 Å². The van der Waals surface area contributed by atoms with Crippen LogP contribution in [0.3, 0.4) is 0 Å². The highest BCUT2D eigenvalue weighted by molar-refractivity contribution is 6.25. The van der Waals surface area contributed by atoms with Crippen molar-refractivity contribution in [2.75, 3.05) is 16.8 Å². The van der Waals surface area contributed by atoms with Crippen molar-refractivity contribution in [3.05, 3.63) is 71.3 Å². The fourth-order valence-corrected chi connectivity index (χ4v) is 4.62. The molecule has 2 aromatic carbocycles. The lowest BCUT2D eigenvalue weighted by molar-refractivity contribution is -0.122. The third kappa shape index (κ3) is 5.19. The molecule has 0 saturated carbocycles. The lowest BCUT2D eigenvalue weighted by atomic mass is 9.82. The number of imide groups is 1. The molecule has 0 aromatic heterocycles. The second kappa shape index (κ2) is 10.7. The van der Waals surface area contributed by atoms with Crippen molar-refractivity contribution in [3.63, 3.8) is 0 Å². The fraction of sp³-hybridized carbons (Fsp3) is 0.357. The quantitative estimate of drug-likeness (QED) is 0.248. The van der Waals surface area contributed by atoms with E-state index in [-0.39, 0.29) is 29.2 Å². The molecule has 4 rings (SSSR count). The molecule has 3 amide bonds. The number of fused-ring (bicyclic) bond motifs is 1. The summed E-state index contributed by atoms with van der Waals surface area (Å²) in [7, 11) is 0. The van der Waals surface area contributed by atoms with E-state index in [4.69, 9.17) is 4.74 Å². The number of ether oxygens (including phenoxy) is 1. The normalized spacial score (nSPS) is 19.3. The van der Waals surface area contributed by atoms with Gasteiger partial charge in [-0.3, -0.25) is 14.4 Å². The summed E-state index contributed by atoms with van der Waals surface area (Å²) in [6.45, 7) is 4.43. The number of carbonyl (C=O) groups is 4. The minimum Gasteiger partial charge on any atom is -0.462 e. The van der Waals surface area contributed by atoms with Crippen molar-refractivity contribution in [2.24, 2.45) is 11.8 Å². The zero-order chi connectivity index (χ0) is 24.9. The number of amides is 3. The molecular formula is C28H30N2O5. The van der Waals surface area contributed by atoms with Gasteiger partial charge in [0.15, 0.2) is 0 Å². The summed E-state index contributed by atoms with van der Waals surface area (Å²) in [4.78, 5) is 52.7. The Bertz CT molecular complexity index is 1170. The number of esters is 1. The molecule has 0 bridgehead atoms. The number of benzene rings is 2. The molecule has 0 unspecified atom stereocenters. The molecule has 0 spiro atoms. The zero-order valence-electron chi connectivity index (χ0n) is 20.1. The van der Waals surface area contributed by atoms with Crippen LogP contribution in [0.1, 0.15) is 66.7 Å². The van der Waals surface area contributed by atoms with Crippen molar-refractivity contribution >= 4 is 35.1 Å². The van der Waals surface area contributed by atoms with E-state index in [0.717, 1.165) is 24.8 Å².